The highest BCUT2D eigenvalue weighted by atomic mass is 35.5. The largest absolute Gasteiger partial charge is 0.339 e. The number of carbonyl (C=O) groups is 1. The number of carbonyl (C=O) groups excluding carboxylic acids is 1. The fraction of sp³-hybridized carbons (Fsp3) is 0.533. The maximum atomic E-state index is 12.1. The topological polar surface area (TPSA) is 32.3 Å². The number of amides is 1. The van der Waals surface area contributed by atoms with Crippen LogP contribution in [0.2, 0.25) is 5.02 Å². The number of halogens is 1. The van der Waals surface area contributed by atoms with E-state index in [0.717, 1.165) is 5.56 Å². The highest BCUT2D eigenvalue weighted by molar-refractivity contribution is 6.30. The SMILES string of the molecule is CC(C)NCCC(=O)N(C)C(C)c1ccc(Cl)cc1. The number of hydrogen-bond donors (Lipinski definition) is 1. The van der Waals surface area contributed by atoms with Crippen LogP contribution in [0.25, 0.3) is 0 Å². The van der Waals surface area contributed by atoms with Crippen LogP contribution in [0.4, 0.5) is 0 Å². The minimum atomic E-state index is 0.0591. The average molecular weight is 283 g/mol. The summed E-state index contributed by atoms with van der Waals surface area (Å²) >= 11 is 5.87. The summed E-state index contributed by atoms with van der Waals surface area (Å²) in [5.41, 5.74) is 1.09. The molecule has 0 saturated heterocycles. The highest BCUT2D eigenvalue weighted by Gasteiger charge is 2.16. The molecule has 0 aliphatic heterocycles. The summed E-state index contributed by atoms with van der Waals surface area (Å²) in [6.45, 7) is 6.89. The zero-order chi connectivity index (χ0) is 14.4. The van der Waals surface area contributed by atoms with Crippen molar-refractivity contribution in [2.24, 2.45) is 0 Å². The molecular weight excluding hydrogens is 260 g/mol. The van der Waals surface area contributed by atoms with E-state index in [4.69, 9.17) is 11.6 Å². The third-order valence-electron chi connectivity index (χ3n) is 3.22. The molecule has 0 bridgehead atoms. The Morgan fingerprint density at radius 3 is 2.37 bits per heavy atom. The van der Waals surface area contributed by atoms with Crippen molar-refractivity contribution in [3.63, 3.8) is 0 Å². The fourth-order valence-electron chi connectivity index (χ4n) is 1.83. The van der Waals surface area contributed by atoms with Crippen molar-refractivity contribution in [1.82, 2.24) is 10.2 Å². The van der Waals surface area contributed by atoms with E-state index in [1.807, 2.05) is 38.2 Å². The van der Waals surface area contributed by atoms with Crippen LogP contribution in [0.1, 0.15) is 38.8 Å². The third kappa shape index (κ3) is 5.21. The Kier molecular flexibility index (Phi) is 6.32. The lowest BCUT2D eigenvalue weighted by molar-refractivity contribution is -0.131. The predicted molar refractivity (Wildman–Crippen MR) is 80.4 cm³/mol. The van der Waals surface area contributed by atoms with Crippen LogP contribution < -0.4 is 5.32 Å². The van der Waals surface area contributed by atoms with Gasteiger partial charge in [-0.25, -0.2) is 0 Å². The molecular formula is C15H23ClN2O. The summed E-state index contributed by atoms with van der Waals surface area (Å²) in [7, 11) is 1.84. The van der Waals surface area contributed by atoms with E-state index in [2.05, 4.69) is 19.2 Å². The average Bonchev–Trinajstić information content (AvgIpc) is 2.37. The maximum absolute atomic E-state index is 12.1. The Balaban J connectivity index is 2.53. The smallest absolute Gasteiger partial charge is 0.224 e. The zero-order valence-electron chi connectivity index (χ0n) is 12.1. The molecule has 0 aliphatic carbocycles. The van der Waals surface area contributed by atoms with Gasteiger partial charge in [0.1, 0.15) is 0 Å². The van der Waals surface area contributed by atoms with Crippen molar-refractivity contribution < 1.29 is 4.79 Å². The Hall–Kier alpha value is -1.06. The summed E-state index contributed by atoms with van der Waals surface area (Å²) in [6, 6.07) is 8.10. The number of rotatable bonds is 6. The van der Waals surface area contributed by atoms with Crippen LogP contribution in [0, 0.1) is 0 Å². The summed E-state index contributed by atoms with van der Waals surface area (Å²) in [5, 5.41) is 3.97. The summed E-state index contributed by atoms with van der Waals surface area (Å²) in [5.74, 6) is 0.149. The monoisotopic (exact) mass is 282 g/mol. The van der Waals surface area contributed by atoms with Crippen LogP contribution in [0.5, 0.6) is 0 Å². The van der Waals surface area contributed by atoms with Gasteiger partial charge in [0.15, 0.2) is 0 Å². The van der Waals surface area contributed by atoms with Gasteiger partial charge in [-0.05, 0) is 24.6 Å². The summed E-state index contributed by atoms with van der Waals surface area (Å²) in [4.78, 5) is 13.8. The van der Waals surface area contributed by atoms with Crippen LogP contribution in [-0.2, 0) is 4.79 Å². The fourth-order valence-corrected chi connectivity index (χ4v) is 1.95. The molecule has 0 spiro atoms. The zero-order valence-corrected chi connectivity index (χ0v) is 12.9. The molecule has 1 rings (SSSR count). The minimum absolute atomic E-state index is 0.0591. The Morgan fingerprint density at radius 2 is 1.84 bits per heavy atom. The van der Waals surface area contributed by atoms with Gasteiger partial charge in [0.05, 0.1) is 6.04 Å². The molecule has 0 aliphatic rings. The van der Waals surface area contributed by atoms with Gasteiger partial charge in [-0.15, -0.1) is 0 Å². The lowest BCUT2D eigenvalue weighted by Gasteiger charge is -2.25. The molecule has 19 heavy (non-hydrogen) atoms. The summed E-state index contributed by atoms with van der Waals surface area (Å²) in [6.07, 6.45) is 0.520. The van der Waals surface area contributed by atoms with Gasteiger partial charge >= 0.3 is 0 Å². The first-order chi connectivity index (χ1) is 8.91. The van der Waals surface area contributed by atoms with E-state index in [-0.39, 0.29) is 11.9 Å². The van der Waals surface area contributed by atoms with Gasteiger partial charge in [-0.2, -0.15) is 0 Å². The van der Waals surface area contributed by atoms with Gasteiger partial charge in [-0.3, -0.25) is 4.79 Å². The molecule has 1 aromatic rings. The van der Waals surface area contributed by atoms with Gasteiger partial charge < -0.3 is 10.2 Å². The van der Waals surface area contributed by atoms with Crippen LogP contribution >= 0.6 is 11.6 Å². The van der Waals surface area contributed by atoms with E-state index in [0.29, 0.717) is 24.0 Å². The maximum Gasteiger partial charge on any atom is 0.224 e. The Bertz CT molecular complexity index is 403. The van der Waals surface area contributed by atoms with Gasteiger partial charge in [-0.1, -0.05) is 37.6 Å². The molecule has 0 radical (unpaired) electrons. The Morgan fingerprint density at radius 1 is 1.26 bits per heavy atom. The molecule has 3 nitrogen and oxygen atoms in total. The van der Waals surface area contributed by atoms with Gasteiger partial charge in [0, 0.05) is 31.1 Å². The minimum Gasteiger partial charge on any atom is -0.339 e. The number of hydrogen-bond acceptors (Lipinski definition) is 2. The molecule has 1 unspecified atom stereocenters. The van der Waals surface area contributed by atoms with Gasteiger partial charge in [0.25, 0.3) is 0 Å². The molecule has 1 amide bonds. The predicted octanol–water partition coefficient (Wildman–Crippen LogP) is 3.25. The quantitative estimate of drug-likeness (QED) is 0.869. The third-order valence-corrected chi connectivity index (χ3v) is 3.47. The van der Waals surface area contributed by atoms with Crippen molar-refractivity contribution in [2.75, 3.05) is 13.6 Å². The van der Waals surface area contributed by atoms with Crippen molar-refractivity contribution in [2.45, 2.75) is 39.3 Å². The molecule has 0 heterocycles. The summed E-state index contributed by atoms with van der Waals surface area (Å²) < 4.78 is 0. The first-order valence-electron chi connectivity index (χ1n) is 6.66. The standard InChI is InChI=1S/C15H23ClN2O/c1-11(2)17-10-9-15(19)18(4)12(3)13-5-7-14(16)8-6-13/h5-8,11-12,17H,9-10H2,1-4H3. The van der Waals surface area contributed by atoms with Crippen LogP contribution in [0.3, 0.4) is 0 Å². The van der Waals surface area contributed by atoms with E-state index in [1.165, 1.54) is 0 Å². The van der Waals surface area contributed by atoms with Crippen molar-refractivity contribution in [3.05, 3.63) is 34.9 Å². The van der Waals surface area contributed by atoms with E-state index in [1.54, 1.807) is 4.90 Å². The van der Waals surface area contributed by atoms with E-state index in [9.17, 15) is 4.79 Å². The lowest BCUT2D eigenvalue weighted by Crippen LogP contribution is -2.33. The molecule has 0 fully saturated rings. The van der Waals surface area contributed by atoms with Crippen LogP contribution in [0.15, 0.2) is 24.3 Å². The Labute approximate surface area is 120 Å². The highest BCUT2D eigenvalue weighted by Crippen LogP contribution is 2.21. The number of nitrogens with one attached hydrogen (secondary N) is 1. The first-order valence-corrected chi connectivity index (χ1v) is 7.04. The van der Waals surface area contributed by atoms with Crippen molar-refractivity contribution in [3.8, 4) is 0 Å². The molecule has 106 valence electrons. The van der Waals surface area contributed by atoms with Crippen molar-refractivity contribution >= 4 is 17.5 Å². The van der Waals surface area contributed by atoms with Gasteiger partial charge in [0.2, 0.25) is 5.91 Å². The molecule has 1 N–H and O–H groups in total. The van der Waals surface area contributed by atoms with E-state index >= 15 is 0 Å². The molecule has 4 heteroatoms. The number of benzene rings is 1. The normalized spacial score (nSPS) is 12.5. The lowest BCUT2D eigenvalue weighted by atomic mass is 10.1. The molecule has 1 aromatic carbocycles. The second-order valence-electron chi connectivity index (χ2n) is 5.09. The van der Waals surface area contributed by atoms with Crippen molar-refractivity contribution in [1.29, 1.82) is 0 Å². The first kappa shape index (κ1) is 16.0. The molecule has 1 atom stereocenters. The second-order valence-corrected chi connectivity index (χ2v) is 5.53. The molecule has 0 aromatic heterocycles. The van der Waals surface area contributed by atoms with E-state index < -0.39 is 0 Å². The van der Waals surface area contributed by atoms with Crippen LogP contribution in [-0.4, -0.2) is 30.4 Å². The second kappa shape index (κ2) is 7.51. The molecule has 0 saturated carbocycles. The number of nitrogens with zero attached hydrogens (tertiary/aromatic N) is 1.